The first-order valence-corrected chi connectivity index (χ1v) is 14.2. The van der Waals surface area contributed by atoms with Gasteiger partial charge in [0.1, 0.15) is 0 Å². The van der Waals surface area contributed by atoms with E-state index in [1.54, 1.807) is 12.1 Å². The van der Waals surface area contributed by atoms with Crippen LogP contribution in [0.3, 0.4) is 0 Å². The van der Waals surface area contributed by atoms with Crippen LogP contribution in [0.5, 0.6) is 0 Å². The highest BCUT2D eigenvalue weighted by Crippen LogP contribution is 2.36. The molecule has 0 aliphatic carbocycles. The van der Waals surface area contributed by atoms with Gasteiger partial charge in [-0.25, -0.2) is 0 Å². The standard InChI is InChI=1S/C30H38F3N5O3/c1-19-15-38(27(28(34)39)22-7-12-41-18-22)17-23-13-20(4-6-25(19)23)29(40)35-24-5-3-21(26(14-24)30(31,32)33)16-37-10-8-36(2)9-11-37/h3-6,13-14,19,22,27H,7-12,15-18H2,1-2H3,(H2,34,39)(H,35,40)/t19-,22?,27?/m0/s1. The molecular formula is C30H38F3N5O3. The Labute approximate surface area is 238 Å². The van der Waals surface area contributed by atoms with Gasteiger partial charge >= 0.3 is 6.18 Å². The van der Waals surface area contributed by atoms with E-state index in [9.17, 15) is 22.8 Å². The molecule has 3 heterocycles. The molecule has 3 aliphatic rings. The molecule has 0 radical (unpaired) electrons. The van der Waals surface area contributed by atoms with Gasteiger partial charge in [0, 0.05) is 69.6 Å². The van der Waals surface area contributed by atoms with E-state index in [1.807, 2.05) is 18.0 Å². The number of halogens is 3. The number of carbonyl (C=O) groups excluding carboxylic acids is 2. The van der Waals surface area contributed by atoms with Gasteiger partial charge in [-0.2, -0.15) is 13.2 Å². The average molecular weight is 574 g/mol. The molecule has 0 saturated carbocycles. The molecule has 2 fully saturated rings. The van der Waals surface area contributed by atoms with Crippen LogP contribution in [0.2, 0.25) is 0 Å². The second kappa shape index (κ2) is 12.1. The Bertz CT molecular complexity index is 1270. The van der Waals surface area contributed by atoms with Gasteiger partial charge in [-0.15, -0.1) is 0 Å². The number of nitrogens with one attached hydrogen (secondary N) is 1. The Balaban J connectivity index is 1.33. The van der Waals surface area contributed by atoms with E-state index in [-0.39, 0.29) is 35.5 Å². The monoisotopic (exact) mass is 573 g/mol. The van der Waals surface area contributed by atoms with Crippen molar-refractivity contribution >= 4 is 17.5 Å². The number of hydrogen-bond acceptors (Lipinski definition) is 6. The van der Waals surface area contributed by atoms with E-state index in [0.29, 0.717) is 45.0 Å². The molecule has 2 saturated heterocycles. The molecule has 3 atom stereocenters. The summed E-state index contributed by atoms with van der Waals surface area (Å²) in [5.41, 5.74) is 7.67. The molecule has 3 N–H and O–H groups in total. The van der Waals surface area contributed by atoms with Gasteiger partial charge < -0.3 is 20.7 Å². The lowest BCUT2D eigenvalue weighted by atomic mass is 9.86. The van der Waals surface area contributed by atoms with E-state index < -0.39 is 23.7 Å². The number of amides is 2. The number of alkyl halides is 3. The maximum Gasteiger partial charge on any atom is 0.416 e. The SMILES string of the molecule is C[C@H]1CN(C(C(N)=O)C2CCOC2)Cc2cc(C(=O)Nc3ccc(CN4CCN(C)CC4)c(C(F)(F)F)c3)ccc21. The Hall–Kier alpha value is -2.99. The summed E-state index contributed by atoms with van der Waals surface area (Å²) in [5, 5.41) is 2.66. The average Bonchev–Trinajstić information content (AvgIpc) is 3.44. The Kier molecular flexibility index (Phi) is 8.70. The van der Waals surface area contributed by atoms with E-state index in [2.05, 4.69) is 22.0 Å². The van der Waals surface area contributed by atoms with Crippen LogP contribution in [-0.2, 0) is 28.8 Å². The number of benzene rings is 2. The third-order valence-electron chi connectivity index (χ3n) is 8.58. The maximum atomic E-state index is 14.0. The molecule has 2 aromatic carbocycles. The fourth-order valence-corrected chi connectivity index (χ4v) is 6.33. The van der Waals surface area contributed by atoms with Gasteiger partial charge in [0.25, 0.3) is 5.91 Å². The molecule has 222 valence electrons. The molecule has 0 spiro atoms. The van der Waals surface area contributed by atoms with Gasteiger partial charge in [-0.1, -0.05) is 19.1 Å². The minimum atomic E-state index is -4.55. The molecular weight excluding hydrogens is 535 g/mol. The van der Waals surface area contributed by atoms with Crippen LogP contribution in [0.25, 0.3) is 0 Å². The number of likely N-dealkylation sites (N-methyl/N-ethyl adjacent to an activating group) is 1. The first kappa shape index (κ1) is 29.5. The number of primary amides is 1. The molecule has 0 bridgehead atoms. The highest BCUT2D eigenvalue weighted by atomic mass is 19.4. The molecule has 2 aromatic rings. The van der Waals surface area contributed by atoms with Gasteiger partial charge in [0.2, 0.25) is 5.91 Å². The number of ether oxygens (including phenoxy) is 1. The van der Waals surface area contributed by atoms with Crippen molar-refractivity contribution in [2.75, 3.05) is 58.3 Å². The van der Waals surface area contributed by atoms with Gasteiger partial charge in [-0.3, -0.25) is 19.4 Å². The topological polar surface area (TPSA) is 91.1 Å². The number of carbonyl (C=O) groups is 2. The van der Waals surface area contributed by atoms with Crippen LogP contribution in [0.4, 0.5) is 18.9 Å². The molecule has 41 heavy (non-hydrogen) atoms. The number of anilines is 1. The third-order valence-corrected chi connectivity index (χ3v) is 8.58. The van der Waals surface area contributed by atoms with Crippen molar-refractivity contribution < 1.29 is 27.5 Å². The van der Waals surface area contributed by atoms with Crippen molar-refractivity contribution in [3.05, 3.63) is 64.2 Å². The Morgan fingerprint density at radius 3 is 2.54 bits per heavy atom. The van der Waals surface area contributed by atoms with Gasteiger partial charge in [-0.05, 0) is 60.3 Å². The summed E-state index contributed by atoms with van der Waals surface area (Å²) in [6, 6.07) is 8.90. The molecule has 0 aromatic heterocycles. The maximum absolute atomic E-state index is 14.0. The van der Waals surface area contributed by atoms with Crippen LogP contribution in [0.1, 0.15) is 51.9 Å². The zero-order valence-electron chi connectivity index (χ0n) is 23.5. The minimum absolute atomic E-state index is 0.0229. The third kappa shape index (κ3) is 6.74. The summed E-state index contributed by atoms with van der Waals surface area (Å²) < 4.78 is 47.5. The zero-order valence-corrected chi connectivity index (χ0v) is 23.5. The molecule has 11 heteroatoms. The van der Waals surface area contributed by atoms with Crippen molar-refractivity contribution in [2.24, 2.45) is 11.7 Å². The lowest BCUT2D eigenvalue weighted by molar-refractivity contribution is -0.138. The summed E-state index contributed by atoms with van der Waals surface area (Å²) >= 11 is 0. The number of piperazine rings is 1. The highest BCUT2D eigenvalue weighted by molar-refractivity contribution is 6.04. The Morgan fingerprint density at radius 2 is 1.88 bits per heavy atom. The van der Waals surface area contributed by atoms with Crippen LogP contribution in [-0.4, -0.2) is 85.5 Å². The number of fused-ring (bicyclic) bond motifs is 1. The molecule has 5 rings (SSSR count). The molecule has 8 nitrogen and oxygen atoms in total. The van der Waals surface area contributed by atoms with Gasteiger partial charge in [0.15, 0.2) is 0 Å². The number of hydrogen-bond donors (Lipinski definition) is 2. The predicted octanol–water partition coefficient (Wildman–Crippen LogP) is 3.51. The summed E-state index contributed by atoms with van der Waals surface area (Å²) in [6.45, 7) is 7.49. The summed E-state index contributed by atoms with van der Waals surface area (Å²) in [7, 11) is 2.00. The number of rotatable bonds is 7. The molecule has 2 unspecified atom stereocenters. The normalized spacial score (nSPS) is 23.2. The van der Waals surface area contributed by atoms with Crippen molar-refractivity contribution in [3.63, 3.8) is 0 Å². The van der Waals surface area contributed by atoms with Crippen molar-refractivity contribution in [1.82, 2.24) is 14.7 Å². The largest absolute Gasteiger partial charge is 0.416 e. The minimum Gasteiger partial charge on any atom is -0.381 e. The second-order valence-electron chi connectivity index (χ2n) is 11.6. The van der Waals surface area contributed by atoms with Crippen molar-refractivity contribution in [2.45, 2.75) is 44.6 Å². The van der Waals surface area contributed by atoms with E-state index >= 15 is 0 Å². The molecule has 3 aliphatic heterocycles. The summed E-state index contributed by atoms with van der Waals surface area (Å²) in [5.74, 6) is -0.744. The predicted molar refractivity (Wildman–Crippen MR) is 149 cm³/mol. The second-order valence-corrected chi connectivity index (χ2v) is 11.6. The van der Waals surface area contributed by atoms with Crippen LogP contribution >= 0.6 is 0 Å². The quantitative estimate of drug-likeness (QED) is 0.527. The number of nitrogens with two attached hydrogens (primary N) is 1. The van der Waals surface area contributed by atoms with E-state index in [4.69, 9.17) is 10.5 Å². The van der Waals surface area contributed by atoms with Gasteiger partial charge in [0.05, 0.1) is 18.2 Å². The fourth-order valence-electron chi connectivity index (χ4n) is 6.33. The first-order chi connectivity index (χ1) is 19.5. The molecule has 2 amide bonds. The van der Waals surface area contributed by atoms with Crippen LogP contribution in [0.15, 0.2) is 36.4 Å². The zero-order chi connectivity index (χ0) is 29.3. The van der Waals surface area contributed by atoms with Crippen molar-refractivity contribution in [3.8, 4) is 0 Å². The lowest BCUT2D eigenvalue weighted by Gasteiger charge is -2.39. The number of nitrogens with zero attached hydrogens (tertiary/aromatic N) is 3. The smallest absolute Gasteiger partial charge is 0.381 e. The lowest BCUT2D eigenvalue weighted by Crippen LogP contribution is -2.51. The van der Waals surface area contributed by atoms with E-state index in [0.717, 1.165) is 36.7 Å². The summed E-state index contributed by atoms with van der Waals surface area (Å²) in [6.07, 6.45) is -3.78. The fraction of sp³-hybridized carbons (Fsp3) is 0.533. The summed E-state index contributed by atoms with van der Waals surface area (Å²) in [4.78, 5) is 31.8. The van der Waals surface area contributed by atoms with Crippen LogP contribution in [0, 0.1) is 5.92 Å². The Morgan fingerprint density at radius 1 is 1.12 bits per heavy atom. The van der Waals surface area contributed by atoms with E-state index in [1.165, 1.54) is 12.1 Å². The highest BCUT2D eigenvalue weighted by Gasteiger charge is 2.38. The van der Waals surface area contributed by atoms with Crippen molar-refractivity contribution in [1.29, 1.82) is 0 Å². The first-order valence-electron chi connectivity index (χ1n) is 14.2. The van der Waals surface area contributed by atoms with Crippen LogP contribution < -0.4 is 11.1 Å².